The summed E-state index contributed by atoms with van der Waals surface area (Å²) >= 11 is 0. The van der Waals surface area contributed by atoms with Crippen molar-refractivity contribution < 1.29 is 19.1 Å². The molecular weight excluding hydrogens is 261 g/mol. The fourth-order valence-electron chi connectivity index (χ4n) is 1.88. The number of halogens is 1. The number of carboxylic acids is 1. The van der Waals surface area contributed by atoms with Crippen LogP contribution in [-0.2, 0) is 0 Å². The summed E-state index contributed by atoms with van der Waals surface area (Å²) < 4.78 is 13.1. The van der Waals surface area contributed by atoms with Gasteiger partial charge in [-0.2, -0.15) is 0 Å². The van der Waals surface area contributed by atoms with Gasteiger partial charge in [0, 0.05) is 5.56 Å². The minimum absolute atomic E-state index is 0.0252. The zero-order valence-electron chi connectivity index (χ0n) is 10.7. The maximum atomic E-state index is 13.1. The molecule has 0 fully saturated rings. The largest absolute Gasteiger partial charge is 0.478 e. The zero-order valence-corrected chi connectivity index (χ0v) is 10.7. The van der Waals surface area contributed by atoms with Crippen LogP contribution >= 0.6 is 0 Å². The Morgan fingerprint density at radius 2 is 1.85 bits per heavy atom. The highest BCUT2D eigenvalue weighted by atomic mass is 19.1. The molecule has 1 amide bonds. The van der Waals surface area contributed by atoms with Gasteiger partial charge in [-0.25, -0.2) is 9.18 Å². The Bertz CT molecular complexity index is 683. The first kappa shape index (κ1) is 13.7. The lowest BCUT2D eigenvalue weighted by Crippen LogP contribution is -2.15. The van der Waals surface area contributed by atoms with Crippen molar-refractivity contribution >= 4 is 17.6 Å². The second-order valence-electron chi connectivity index (χ2n) is 4.27. The number of rotatable bonds is 3. The summed E-state index contributed by atoms with van der Waals surface area (Å²) in [6.07, 6.45) is 0. The average molecular weight is 273 g/mol. The fourth-order valence-corrected chi connectivity index (χ4v) is 1.88. The van der Waals surface area contributed by atoms with Crippen molar-refractivity contribution in [2.75, 3.05) is 5.32 Å². The first-order valence-electron chi connectivity index (χ1n) is 5.89. The zero-order chi connectivity index (χ0) is 14.7. The molecule has 2 aromatic carbocycles. The lowest BCUT2D eigenvalue weighted by Gasteiger charge is -2.10. The molecule has 0 aromatic heterocycles. The van der Waals surface area contributed by atoms with Crippen molar-refractivity contribution in [3.8, 4) is 0 Å². The van der Waals surface area contributed by atoms with Gasteiger partial charge in [-0.1, -0.05) is 18.2 Å². The summed E-state index contributed by atoms with van der Waals surface area (Å²) in [6.45, 7) is 1.64. The molecule has 0 aliphatic rings. The van der Waals surface area contributed by atoms with E-state index < -0.39 is 17.7 Å². The van der Waals surface area contributed by atoms with Crippen LogP contribution in [0.1, 0.15) is 26.3 Å². The monoisotopic (exact) mass is 273 g/mol. The summed E-state index contributed by atoms with van der Waals surface area (Å²) in [7, 11) is 0. The van der Waals surface area contributed by atoms with Crippen LogP contribution < -0.4 is 5.32 Å². The van der Waals surface area contributed by atoms with Crippen LogP contribution in [0.15, 0.2) is 42.5 Å². The SMILES string of the molecule is Cc1cccc(NC(=O)c2cccc(F)c2)c1C(=O)O. The van der Waals surface area contributed by atoms with Gasteiger partial charge in [-0.05, 0) is 36.8 Å². The molecule has 0 atom stereocenters. The van der Waals surface area contributed by atoms with Gasteiger partial charge in [0.2, 0.25) is 0 Å². The number of anilines is 1. The Morgan fingerprint density at radius 1 is 1.15 bits per heavy atom. The molecule has 0 saturated carbocycles. The van der Waals surface area contributed by atoms with E-state index in [1.54, 1.807) is 19.1 Å². The van der Waals surface area contributed by atoms with Crippen molar-refractivity contribution in [3.05, 3.63) is 65.0 Å². The van der Waals surface area contributed by atoms with Gasteiger partial charge in [0.25, 0.3) is 5.91 Å². The maximum absolute atomic E-state index is 13.1. The fraction of sp³-hybridized carbons (Fsp3) is 0.0667. The van der Waals surface area contributed by atoms with Gasteiger partial charge in [0.1, 0.15) is 5.82 Å². The van der Waals surface area contributed by atoms with E-state index in [9.17, 15) is 14.0 Å². The molecule has 0 saturated heterocycles. The smallest absolute Gasteiger partial charge is 0.338 e. The first-order chi connectivity index (χ1) is 9.49. The first-order valence-corrected chi connectivity index (χ1v) is 5.89. The van der Waals surface area contributed by atoms with Gasteiger partial charge in [0.15, 0.2) is 0 Å². The standard InChI is InChI=1S/C15H12FNO3/c1-9-4-2-7-12(13(9)15(19)20)17-14(18)10-5-3-6-11(16)8-10/h2-8H,1H3,(H,17,18)(H,19,20). The lowest BCUT2D eigenvalue weighted by atomic mass is 10.1. The number of aryl methyl sites for hydroxylation is 1. The minimum atomic E-state index is -1.13. The molecule has 4 nitrogen and oxygen atoms in total. The summed E-state index contributed by atoms with van der Waals surface area (Å²) in [5.74, 6) is -2.21. The Balaban J connectivity index is 2.33. The summed E-state index contributed by atoms with van der Waals surface area (Å²) in [5, 5.41) is 11.7. The van der Waals surface area contributed by atoms with Crippen LogP contribution in [0.2, 0.25) is 0 Å². The molecule has 0 aliphatic carbocycles. The lowest BCUT2D eigenvalue weighted by molar-refractivity contribution is 0.0697. The number of benzene rings is 2. The van der Waals surface area contributed by atoms with Crippen LogP contribution in [0, 0.1) is 12.7 Å². The third-order valence-electron chi connectivity index (χ3n) is 2.82. The summed E-state index contributed by atoms with van der Waals surface area (Å²) in [5.41, 5.74) is 0.876. The Labute approximate surface area is 114 Å². The molecular formula is C15H12FNO3. The topological polar surface area (TPSA) is 66.4 Å². The normalized spacial score (nSPS) is 10.1. The predicted molar refractivity (Wildman–Crippen MR) is 72.5 cm³/mol. The molecule has 0 radical (unpaired) electrons. The molecule has 2 rings (SSSR count). The molecule has 0 heterocycles. The number of amides is 1. The highest BCUT2D eigenvalue weighted by Gasteiger charge is 2.15. The molecule has 102 valence electrons. The van der Waals surface area contributed by atoms with Gasteiger partial charge in [0.05, 0.1) is 11.3 Å². The summed E-state index contributed by atoms with van der Waals surface area (Å²) in [4.78, 5) is 23.2. The Kier molecular flexibility index (Phi) is 3.79. The predicted octanol–water partition coefficient (Wildman–Crippen LogP) is 3.08. The van der Waals surface area contributed by atoms with Crippen molar-refractivity contribution in [2.24, 2.45) is 0 Å². The van der Waals surface area contributed by atoms with E-state index in [2.05, 4.69) is 5.32 Å². The van der Waals surface area contributed by atoms with E-state index in [4.69, 9.17) is 5.11 Å². The molecule has 0 spiro atoms. The van der Waals surface area contributed by atoms with Gasteiger partial charge in [-0.3, -0.25) is 4.79 Å². The number of hydrogen-bond acceptors (Lipinski definition) is 2. The number of nitrogens with one attached hydrogen (secondary N) is 1. The number of aromatic carboxylic acids is 1. The van der Waals surface area contributed by atoms with E-state index in [0.717, 1.165) is 6.07 Å². The van der Waals surface area contributed by atoms with Crippen LogP contribution in [-0.4, -0.2) is 17.0 Å². The third kappa shape index (κ3) is 2.83. The van der Waals surface area contributed by atoms with Crippen LogP contribution in [0.3, 0.4) is 0 Å². The molecule has 5 heteroatoms. The van der Waals surface area contributed by atoms with Crippen molar-refractivity contribution in [3.63, 3.8) is 0 Å². The van der Waals surface area contributed by atoms with Crippen LogP contribution in [0.25, 0.3) is 0 Å². The van der Waals surface area contributed by atoms with E-state index in [0.29, 0.717) is 5.56 Å². The Morgan fingerprint density at radius 3 is 2.50 bits per heavy atom. The van der Waals surface area contributed by atoms with Crippen LogP contribution in [0.4, 0.5) is 10.1 Å². The molecule has 0 unspecified atom stereocenters. The molecule has 2 N–H and O–H groups in total. The second kappa shape index (κ2) is 5.52. The van der Waals surface area contributed by atoms with E-state index in [1.807, 2.05) is 0 Å². The van der Waals surface area contributed by atoms with E-state index >= 15 is 0 Å². The number of carbonyl (C=O) groups is 2. The average Bonchev–Trinajstić information content (AvgIpc) is 2.38. The van der Waals surface area contributed by atoms with Gasteiger partial charge >= 0.3 is 5.97 Å². The molecule has 2 aromatic rings. The second-order valence-corrected chi connectivity index (χ2v) is 4.27. The van der Waals surface area contributed by atoms with Gasteiger partial charge in [-0.15, -0.1) is 0 Å². The summed E-state index contributed by atoms with van der Waals surface area (Å²) in [6, 6.07) is 9.96. The maximum Gasteiger partial charge on any atom is 0.338 e. The quantitative estimate of drug-likeness (QED) is 0.903. The van der Waals surface area contributed by atoms with Crippen molar-refractivity contribution in [1.29, 1.82) is 0 Å². The third-order valence-corrected chi connectivity index (χ3v) is 2.82. The highest BCUT2D eigenvalue weighted by molar-refractivity contribution is 6.08. The van der Waals surface area contributed by atoms with E-state index in [-0.39, 0.29) is 16.8 Å². The number of hydrogen-bond donors (Lipinski definition) is 2. The molecule has 0 bridgehead atoms. The molecule has 0 aliphatic heterocycles. The molecule has 20 heavy (non-hydrogen) atoms. The Hall–Kier alpha value is -2.69. The number of carboxylic acid groups (broad SMARTS) is 1. The number of carbonyl (C=O) groups excluding carboxylic acids is 1. The highest BCUT2D eigenvalue weighted by Crippen LogP contribution is 2.20. The minimum Gasteiger partial charge on any atom is -0.478 e. The van der Waals surface area contributed by atoms with Crippen LogP contribution in [0.5, 0.6) is 0 Å². The van der Waals surface area contributed by atoms with E-state index in [1.165, 1.54) is 24.3 Å². The van der Waals surface area contributed by atoms with Gasteiger partial charge < -0.3 is 10.4 Å². The van der Waals surface area contributed by atoms with Crippen molar-refractivity contribution in [1.82, 2.24) is 0 Å². The van der Waals surface area contributed by atoms with Crippen molar-refractivity contribution in [2.45, 2.75) is 6.92 Å².